The molecule has 1 aromatic carbocycles. The lowest BCUT2D eigenvalue weighted by molar-refractivity contribution is 0.309. The summed E-state index contributed by atoms with van der Waals surface area (Å²) in [5.74, 6) is 6.17. The number of rotatable bonds is 5. The Balaban J connectivity index is 1.47. The van der Waals surface area contributed by atoms with Gasteiger partial charge < -0.3 is 0 Å². The number of pyridine rings is 1. The number of aromatic nitrogens is 1. The molecule has 1 N–H and O–H groups in total. The SMILES string of the molecule is CS(=O)(=O)Nc1ccc(C#CCCN2CC=C(c3ccccc3)CC2)nc1. The molecule has 5 nitrogen and oxygen atoms in total. The number of benzene rings is 1. The zero-order valence-electron chi connectivity index (χ0n) is 15.4. The van der Waals surface area contributed by atoms with Crippen LogP contribution in [0.4, 0.5) is 5.69 Å². The number of nitrogens with zero attached hydrogens (tertiary/aromatic N) is 2. The molecular formula is C21H23N3O2S. The van der Waals surface area contributed by atoms with E-state index in [2.05, 4.69) is 56.8 Å². The maximum Gasteiger partial charge on any atom is 0.229 e. The summed E-state index contributed by atoms with van der Waals surface area (Å²) in [6.07, 6.45) is 6.74. The minimum atomic E-state index is -3.28. The van der Waals surface area contributed by atoms with Crippen LogP contribution in [0.2, 0.25) is 0 Å². The lowest BCUT2D eigenvalue weighted by Crippen LogP contribution is -2.29. The van der Waals surface area contributed by atoms with Gasteiger partial charge in [0.25, 0.3) is 0 Å². The average Bonchev–Trinajstić information content (AvgIpc) is 2.66. The van der Waals surface area contributed by atoms with Crippen molar-refractivity contribution in [1.82, 2.24) is 9.88 Å². The molecule has 27 heavy (non-hydrogen) atoms. The number of nitrogens with one attached hydrogen (secondary N) is 1. The molecule has 1 aromatic heterocycles. The van der Waals surface area contributed by atoms with E-state index in [9.17, 15) is 8.42 Å². The standard InChI is InChI=1S/C21H23N3O2S/c1-27(25,26)23-21-11-10-20(22-17-21)9-5-6-14-24-15-12-19(13-16-24)18-7-3-2-4-8-18/h2-4,7-8,10-12,17,23H,6,13-16H2,1H3. The van der Waals surface area contributed by atoms with E-state index in [1.807, 2.05) is 6.07 Å². The Morgan fingerprint density at radius 3 is 2.63 bits per heavy atom. The van der Waals surface area contributed by atoms with Crippen LogP contribution in [0, 0.1) is 11.8 Å². The highest BCUT2D eigenvalue weighted by atomic mass is 32.2. The van der Waals surface area contributed by atoms with Crippen LogP contribution in [-0.4, -0.2) is 44.2 Å². The van der Waals surface area contributed by atoms with Gasteiger partial charge in [0, 0.05) is 26.1 Å². The van der Waals surface area contributed by atoms with Gasteiger partial charge in [0.15, 0.2) is 0 Å². The molecule has 1 aliphatic rings. The smallest absolute Gasteiger partial charge is 0.229 e. The van der Waals surface area contributed by atoms with Gasteiger partial charge in [-0.15, -0.1) is 0 Å². The maximum absolute atomic E-state index is 11.2. The van der Waals surface area contributed by atoms with Gasteiger partial charge in [-0.25, -0.2) is 13.4 Å². The Morgan fingerprint density at radius 1 is 1.19 bits per heavy atom. The summed E-state index contributed by atoms with van der Waals surface area (Å²) in [4.78, 5) is 6.56. The molecule has 0 bridgehead atoms. The average molecular weight is 382 g/mol. The fraction of sp³-hybridized carbons (Fsp3) is 0.286. The van der Waals surface area contributed by atoms with Crippen LogP contribution >= 0.6 is 0 Å². The summed E-state index contributed by atoms with van der Waals surface area (Å²) < 4.78 is 24.7. The van der Waals surface area contributed by atoms with Crippen LogP contribution in [0.5, 0.6) is 0 Å². The highest BCUT2D eigenvalue weighted by Gasteiger charge is 2.11. The van der Waals surface area contributed by atoms with Crippen molar-refractivity contribution < 1.29 is 8.42 Å². The highest BCUT2D eigenvalue weighted by Crippen LogP contribution is 2.21. The quantitative estimate of drug-likeness (QED) is 0.809. The Morgan fingerprint density at radius 2 is 2.00 bits per heavy atom. The van der Waals surface area contributed by atoms with Gasteiger partial charge in [0.2, 0.25) is 10.0 Å². The molecule has 0 atom stereocenters. The first-order chi connectivity index (χ1) is 13.0. The van der Waals surface area contributed by atoms with Crippen molar-refractivity contribution in [2.24, 2.45) is 0 Å². The van der Waals surface area contributed by atoms with Gasteiger partial charge in [0.1, 0.15) is 5.69 Å². The van der Waals surface area contributed by atoms with Crippen LogP contribution in [0.15, 0.2) is 54.7 Å². The Hall–Kier alpha value is -2.62. The molecular weight excluding hydrogens is 358 g/mol. The van der Waals surface area contributed by atoms with Crippen molar-refractivity contribution in [3.8, 4) is 11.8 Å². The molecule has 2 aromatic rings. The zero-order chi connectivity index (χ0) is 19.1. The van der Waals surface area contributed by atoms with Gasteiger partial charge in [-0.2, -0.15) is 0 Å². The van der Waals surface area contributed by atoms with E-state index in [0.717, 1.165) is 38.7 Å². The number of hydrogen-bond donors (Lipinski definition) is 1. The summed E-state index contributed by atoms with van der Waals surface area (Å²) in [5, 5.41) is 0. The van der Waals surface area contributed by atoms with Crippen LogP contribution in [-0.2, 0) is 10.0 Å². The number of sulfonamides is 1. The van der Waals surface area contributed by atoms with E-state index in [-0.39, 0.29) is 0 Å². The van der Waals surface area contributed by atoms with Crippen LogP contribution in [0.3, 0.4) is 0 Å². The van der Waals surface area contributed by atoms with Crippen molar-refractivity contribution in [1.29, 1.82) is 0 Å². The highest BCUT2D eigenvalue weighted by molar-refractivity contribution is 7.92. The molecule has 0 amide bonds. The van der Waals surface area contributed by atoms with Gasteiger partial charge >= 0.3 is 0 Å². The molecule has 0 saturated carbocycles. The zero-order valence-corrected chi connectivity index (χ0v) is 16.2. The number of anilines is 1. The van der Waals surface area contributed by atoms with Crippen LogP contribution < -0.4 is 4.72 Å². The van der Waals surface area contributed by atoms with Crippen molar-refractivity contribution in [3.63, 3.8) is 0 Å². The predicted molar refractivity (Wildman–Crippen MR) is 110 cm³/mol. The van der Waals surface area contributed by atoms with E-state index >= 15 is 0 Å². The van der Waals surface area contributed by atoms with E-state index in [1.54, 1.807) is 12.1 Å². The lowest BCUT2D eigenvalue weighted by Gasteiger charge is -2.25. The van der Waals surface area contributed by atoms with Crippen molar-refractivity contribution >= 4 is 21.3 Å². The molecule has 140 valence electrons. The minimum Gasteiger partial charge on any atom is -0.298 e. The van der Waals surface area contributed by atoms with Crippen molar-refractivity contribution in [2.75, 3.05) is 30.6 Å². The van der Waals surface area contributed by atoms with Gasteiger partial charge in [-0.05, 0) is 35.6 Å². The second-order valence-electron chi connectivity index (χ2n) is 6.50. The second kappa shape index (κ2) is 8.85. The van der Waals surface area contributed by atoms with E-state index < -0.39 is 10.0 Å². The molecule has 0 fully saturated rings. The molecule has 6 heteroatoms. The summed E-state index contributed by atoms with van der Waals surface area (Å²) in [6, 6.07) is 13.9. The van der Waals surface area contributed by atoms with Crippen LogP contribution in [0.1, 0.15) is 24.1 Å². The van der Waals surface area contributed by atoms with E-state index in [0.29, 0.717) is 11.4 Å². The molecule has 0 unspecified atom stereocenters. The number of hydrogen-bond acceptors (Lipinski definition) is 4. The molecule has 2 heterocycles. The first kappa shape index (κ1) is 19.2. The molecule has 0 spiro atoms. The monoisotopic (exact) mass is 381 g/mol. The Labute approximate surface area is 161 Å². The Kier molecular flexibility index (Phi) is 6.28. The third-order valence-corrected chi connectivity index (χ3v) is 4.88. The summed E-state index contributed by atoms with van der Waals surface area (Å²) in [5.41, 5.74) is 3.82. The second-order valence-corrected chi connectivity index (χ2v) is 8.25. The van der Waals surface area contributed by atoms with Gasteiger partial charge in [-0.1, -0.05) is 42.3 Å². The molecule has 0 saturated heterocycles. The fourth-order valence-electron chi connectivity index (χ4n) is 2.94. The normalized spacial score (nSPS) is 14.8. The fourth-order valence-corrected chi connectivity index (χ4v) is 3.49. The van der Waals surface area contributed by atoms with Gasteiger partial charge in [0.05, 0.1) is 18.1 Å². The third-order valence-electron chi connectivity index (χ3n) is 4.27. The molecule has 0 radical (unpaired) electrons. The van der Waals surface area contributed by atoms with E-state index in [1.165, 1.54) is 17.3 Å². The summed E-state index contributed by atoms with van der Waals surface area (Å²) in [7, 11) is -3.28. The third kappa shape index (κ3) is 6.24. The maximum atomic E-state index is 11.2. The molecule has 1 aliphatic heterocycles. The van der Waals surface area contributed by atoms with Gasteiger partial charge in [-0.3, -0.25) is 9.62 Å². The molecule has 3 rings (SSSR count). The first-order valence-corrected chi connectivity index (χ1v) is 10.8. The van der Waals surface area contributed by atoms with Crippen molar-refractivity contribution in [3.05, 3.63) is 66.0 Å². The minimum absolute atomic E-state index is 0.442. The largest absolute Gasteiger partial charge is 0.298 e. The first-order valence-electron chi connectivity index (χ1n) is 8.89. The topological polar surface area (TPSA) is 62.3 Å². The molecule has 0 aliphatic carbocycles. The van der Waals surface area contributed by atoms with Crippen LogP contribution in [0.25, 0.3) is 5.57 Å². The lowest BCUT2D eigenvalue weighted by atomic mass is 9.99. The summed E-state index contributed by atoms with van der Waals surface area (Å²) in [6.45, 7) is 2.93. The summed E-state index contributed by atoms with van der Waals surface area (Å²) >= 11 is 0. The predicted octanol–water partition coefficient (Wildman–Crippen LogP) is 2.98. The Bertz CT molecular complexity index is 956. The van der Waals surface area contributed by atoms with E-state index in [4.69, 9.17) is 0 Å². The van der Waals surface area contributed by atoms with Crippen molar-refractivity contribution in [2.45, 2.75) is 12.8 Å².